The van der Waals surface area contributed by atoms with E-state index in [4.69, 9.17) is 0 Å². The van der Waals surface area contributed by atoms with E-state index in [2.05, 4.69) is 9.97 Å². The van der Waals surface area contributed by atoms with Gasteiger partial charge in [-0.25, -0.2) is 4.79 Å². The van der Waals surface area contributed by atoms with Crippen molar-refractivity contribution in [3.63, 3.8) is 0 Å². The Kier molecular flexibility index (Phi) is 1.98. The van der Waals surface area contributed by atoms with Crippen molar-refractivity contribution in [2.75, 3.05) is 0 Å². The highest BCUT2D eigenvalue weighted by Gasteiger charge is 2.08. The minimum Gasteiger partial charge on any atom is -0.508 e. The number of fused-ring (bicyclic) bond motifs is 1. The van der Waals surface area contributed by atoms with Crippen LogP contribution in [0.5, 0.6) is 5.75 Å². The molecule has 3 aromatic rings. The number of H-pyrrole nitrogens is 1. The topological polar surface area (TPSA) is 70.9 Å². The van der Waals surface area contributed by atoms with E-state index in [9.17, 15) is 9.90 Å². The molecule has 0 aliphatic carbocycles. The molecule has 0 saturated heterocycles. The summed E-state index contributed by atoms with van der Waals surface area (Å²) in [6.07, 6.45) is 3.24. The first-order valence-corrected chi connectivity index (χ1v) is 5.10. The van der Waals surface area contributed by atoms with E-state index >= 15 is 0 Å². The lowest BCUT2D eigenvalue weighted by Gasteiger charge is -2.02. The minimum absolute atomic E-state index is 0.120. The second kappa shape index (κ2) is 3.48. The summed E-state index contributed by atoms with van der Waals surface area (Å²) in [5.41, 5.74) is 1.72. The third kappa shape index (κ3) is 1.48. The van der Waals surface area contributed by atoms with Gasteiger partial charge in [-0.2, -0.15) is 0 Å². The van der Waals surface area contributed by atoms with Gasteiger partial charge in [0.2, 0.25) is 0 Å². The van der Waals surface area contributed by atoms with Crippen molar-refractivity contribution in [2.24, 2.45) is 0 Å². The Morgan fingerprint density at radius 2 is 2.18 bits per heavy atom. The number of hydrogen-bond acceptors (Lipinski definition) is 3. The van der Waals surface area contributed by atoms with Gasteiger partial charge in [-0.05, 0) is 24.3 Å². The Balaban J connectivity index is 2.40. The van der Waals surface area contributed by atoms with Crippen LogP contribution in [0.3, 0.4) is 0 Å². The van der Waals surface area contributed by atoms with E-state index in [1.807, 2.05) is 0 Å². The summed E-state index contributed by atoms with van der Waals surface area (Å²) in [5.74, 6) is 0.120. The fourth-order valence-electron chi connectivity index (χ4n) is 1.83. The molecule has 2 aromatic heterocycles. The second-order valence-electron chi connectivity index (χ2n) is 3.68. The van der Waals surface area contributed by atoms with Crippen molar-refractivity contribution < 1.29 is 5.11 Å². The number of aromatic nitrogens is 3. The van der Waals surface area contributed by atoms with E-state index in [0.717, 1.165) is 0 Å². The number of rotatable bonds is 1. The number of imidazole rings is 1. The van der Waals surface area contributed by atoms with Gasteiger partial charge >= 0.3 is 5.69 Å². The van der Waals surface area contributed by atoms with E-state index in [-0.39, 0.29) is 11.4 Å². The standard InChI is InChI=1S/C12H9N3O2/c16-9-3-4-10-11(6-9)15(12(17)14-10)8-2-1-5-13-7-8/h1-7,16H,(H,14,17). The fraction of sp³-hybridized carbons (Fsp3) is 0. The summed E-state index contributed by atoms with van der Waals surface area (Å²) >= 11 is 0. The van der Waals surface area contributed by atoms with E-state index in [0.29, 0.717) is 16.7 Å². The summed E-state index contributed by atoms with van der Waals surface area (Å²) in [7, 11) is 0. The summed E-state index contributed by atoms with van der Waals surface area (Å²) in [5, 5.41) is 9.47. The molecule has 3 rings (SSSR count). The van der Waals surface area contributed by atoms with Crippen molar-refractivity contribution >= 4 is 11.0 Å². The molecule has 2 heterocycles. The normalized spacial score (nSPS) is 10.8. The molecule has 17 heavy (non-hydrogen) atoms. The Labute approximate surface area is 96.0 Å². The maximum Gasteiger partial charge on any atom is 0.331 e. The second-order valence-corrected chi connectivity index (χ2v) is 3.68. The van der Waals surface area contributed by atoms with Gasteiger partial charge in [0.15, 0.2) is 0 Å². The largest absolute Gasteiger partial charge is 0.508 e. The van der Waals surface area contributed by atoms with E-state index in [1.165, 1.54) is 10.6 Å². The number of nitrogens with one attached hydrogen (secondary N) is 1. The van der Waals surface area contributed by atoms with Crippen molar-refractivity contribution in [1.29, 1.82) is 0 Å². The van der Waals surface area contributed by atoms with Gasteiger partial charge in [0.05, 0.1) is 22.9 Å². The molecule has 5 nitrogen and oxygen atoms in total. The molecular weight excluding hydrogens is 218 g/mol. The molecule has 0 spiro atoms. The third-order valence-corrected chi connectivity index (χ3v) is 2.57. The minimum atomic E-state index is -0.251. The van der Waals surface area contributed by atoms with Crippen LogP contribution in [0, 0.1) is 0 Å². The molecule has 0 saturated carbocycles. The smallest absolute Gasteiger partial charge is 0.331 e. The number of pyridine rings is 1. The lowest BCUT2D eigenvalue weighted by molar-refractivity contribution is 0.476. The maximum absolute atomic E-state index is 11.8. The number of aromatic amines is 1. The summed E-state index contributed by atoms with van der Waals surface area (Å²) < 4.78 is 1.47. The molecule has 0 bridgehead atoms. The summed E-state index contributed by atoms with van der Waals surface area (Å²) in [6.45, 7) is 0. The number of benzene rings is 1. The van der Waals surface area contributed by atoms with Gasteiger partial charge in [0, 0.05) is 12.3 Å². The number of nitrogens with zero attached hydrogens (tertiary/aromatic N) is 2. The van der Waals surface area contributed by atoms with Crippen LogP contribution in [0.25, 0.3) is 16.7 Å². The number of aromatic hydroxyl groups is 1. The first kappa shape index (κ1) is 9.65. The highest BCUT2D eigenvalue weighted by Crippen LogP contribution is 2.19. The molecule has 0 unspecified atom stereocenters. The highest BCUT2D eigenvalue weighted by molar-refractivity contribution is 5.78. The maximum atomic E-state index is 11.8. The molecule has 2 N–H and O–H groups in total. The van der Waals surface area contributed by atoms with E-state index in [1.54, 1.807) is 36.7 Å². The first-order valence-electron chi connectivity index (χ1n) is 5.10. The third-order valence-electron chi connectivity index (χ3n) is 2.57. The van der Waals surface area contributed by atoms with Crippen molar-refractivity contribution in [1.82, 2.24) is 14.5 Å². The van der Waals surface area contributed by atoms with Crippen molar-refractivity contribution in [3.05, 3.63) is 53.2 Å². The monoisotopic (exact) mass is 227 g/mol. The number of hydrogen-bond donors (Lipinski definition) is 2. The van der Waals surface area contributed by atoms with Crippen LogP contribution in [0.15, 0.2) is 47.5 Å². The summed E-state index contributed by atoms with van der Waals surface area (Å²) in [6, 6.07) is 8.28. The van der Waals surface area contributed by atoms with Crippen LogP contribution in [0.4, 0.5) is 0 Å². The zero-order valence-corrected chi connectivity index (χ0v) is 8.79. The Morgan fingerprint density at radius 1 is 1.29 bits per heavy atom. The molecule has 0 radical (unpaired) electrons. The predicted octanol–water partition coefficient (Wildman–Crippen LogP) is 1.42. The van der Waals surface area contributed by atoms with Gasteiger partial charge in [0.1, 0.15) is 5.75 Å². The Hall–Kier alpha value is -2.56. The van der Waals surface area contributed by atoms with Crippen molar-refractivity contribution in [2.45, 2.75) is 0 Å². The molecule has 0 atom stereocenters. The van der Waals surface area contributed by atoms with Gasteiger partial charge < -0.3 is 10.1 Å². The SMILES string of the molecule is O=c1[nH]c2ccc(O)cc2n1-c1cccnc1. The molecule has 5 heteroatoms. The predicted molar refractivity (Wildman–Crippen MR) is 63.4 cm³/mol. The van der Waals surface area contributed by atoms with Gasteiger partial charge in [-0.3, -0.25) is 9.55 Å². The highest BCUT2D eigenvalue weighted by atomic mass is 16.3. The number of phenols is 1. The van der Waals surface area contributed by atoms with E-state index < -0.39 is 0 Å². The first-order chi connectivity index (χ1) is 8.25. The quantitative estimate of drug-likeness (QED) is 0.660. The molecule has 84 valence electrons. The lowest BCUT2D eigenvalue weighted by atomic mass is 10.3. The molecular formula is C12H9N3O2. The Bertz CT molecular complexity index is 728. The zero-order valence-electron chi connectivity index (χ0n) is 8.79. The lowest BCUT2D eigenvalue weighted by Crippen LogP contribution is -2.14. The average molecular weight is 227 g/mol. The molecule has 0 aliphatic heterocycles. The van der Waals surface area contributed by atoms with Gasteiger partial charge in [0.25, 0.3) is 0 Å². The van der Waals surface area contributed by atoms with Crippen LogP contribution >= 0.6 is 0 Å². The molecule has 0 aliphatic rings. The molecule has 0 fully saturated rings. The summed E-state index contributed by atoms with van der Waals surface area (Å²) in [4.78, 5) is 18.5. The van der Waals surface area contributed by atoms with Gasteiger partial charge in [-0.1, -0.05) is 0 Å². The van der Waals surface area contributed by atoms with Gasteiger partial charge in [-0.15, -0.1) is 0 Å². The Morgan fingerprint density at radius 3 is 2.94 bits per heavy atom. The fourth-order valence-corrected chi connectivity index (χ4v) is 1.83. The van der Waals surface area contributed by atoms with Crippen LogP contribution in [0.2, 0.25) is 0 Å². The number of phenolic OH excluding ortho intramolecular Hbond substituents is 1. The van der Waals surface area contributed by atoms with Crippen molar-refractivity contribution in [3.8, 4) is 11.4 Å². The van der Waals surface area contributed by atoms with Crippen LogP contribution < -0.4 is 5.69 Å². The molecule has 1 aromatic carbocycles. The van der Waals surface area contributed by atoms with Crippen LogP contribution in [-0.4, -0.2) is 19.6 Å². The van der Waals surface area contributed by atoms with Crippen LogP contribution in [0.1, 0.15) is 0 Å². The van der Waals surface area contributed by atoms with Crippen LogP contribution in [-0.2, 0) is 0 Å². The average Bonchev–Trinajstić information content (AvgIpc) is 2.65. The zero-order chi connectivity index (χ0) is 11.8. The molecule has 0 amide bonds.